The molecule has 0 radical (unpaired) electrons. The van der Waals surface area contributed by atoms with E-state index >= 15 is 0 Å². The molecule has 0 bridgehead atoms. The second-order valence-corrected chi connectivity index (χ2v) is 4.27. The zero-order chi connectivity index (χ0) is 11.5. The molecule has 1 aliphatic rings. The fourth-order valence-electron chi connectivity index (χ4n) is 1.96. The molecule has 0 saturated heterocycles. The highest BCUT2D eigenvalue weighted by molar-refractivity contribution is 6.12. The Labute approximate surface area is 96.3 Å². The number of hydrogen-bond acceptors (Lipinski definition) is 2. The van der Waals surface area contributed by atoms with Crippen molar-refractivity contribution < 1.29 is 5.11 Å². The molecule has 84 valence electrons. The number of nitrogens with zero attached hydrogens (tertiary/aromatic N) is 1. The molecule has 16 heavy (non-hydrogen) atoms. The summed E-state index contributed by atoms with van der Waals surface area (Å²) >= 11 is 0. The SMILES string of the molecule is CCCC1=CC(c2cc(C)ccc2O)=NC1. The van der Waals surface area contributed by atoms with Crippen LogP contribution in [0.1, 0.15) is 30.9 Å². The van der Waals surface area contributed by atoms with Gasteiger partial charge in [-0.1, -0.05) is 25.0 Å². The van der Waals surface area contributed by atoms with Crippen molar-refractivity contribution in [2.24, 2.45) is 4.99 Å². The van der Waals surface area contributed by atoms with E-state index in [2.05, 4.69) is 18.0 Å². The molecule has 0 spiro atoms. The van der Waals surface area contributed by atoms with Gasteiger partial charge in [0.25, 0.3) is 0 Å². The van der Waals surface area contributed by atoms with Crippen molar-refractivity contribution >= 4 is 5.71 Å². The quantitative estimate of drug-likeness (QED) is 0.825. The van der Waals surface area contributed by atoms with Gasteiger partial charge in [-0.3, -0.25) is 4.99 Å². The average molecular weight is 215 g/mol. The van der Waals surface area contributed by atoms with E-state index in [0.29, 0.717) is 5.75 Å². The average Bonchev–Trinajstić information content (AvgIpc) is 2.71. The molecule has 0 saturated carbocycles. The van der Waals surface area contributed by atoms with Gasteiger partial charge in [-0.15, -0.1) is 0 Å². The van der Waals surface area contributed by atoms with Crippen LogP contribution in [0, 0.1) is 6.92 Å². The number of rotatable bonds is 3. The minimum atomic E-state index is 0.318. The lowest BCUT2D eigenvalue weighted by atomic mass is 10.0. The van der Waals surface area contributed by atoms with Crippen molar-refractivity contribution in [1.29, 1.82) is 0 Å². The van der Waals surface area contributed by atoms with Crippen LogP contribution in [-0.2, 0) is 0 Å². The minimum absolute atomic E-state index is 0.318. The zero-order valence-corrected chi connectivity index (χ0v) is 9.83. The molecule has 1 N–H and O–H groups in total. The van der Waals surface area contributed by atoms with Crippen molar-refractivity contribution in [2.45, 2.75) is 26.7 Å². The monoisotopic (exact) mass is 215 g/mol. The second kappa shape index (κ2) is 4.52. The Hall–Kier alpha value is -1.57. The predicted molar refractivity (Wildman–Crippen MR) is 67.2 cm³/mol. The molecule has 0 aromatic heterocycles. The summed E-state index contributed by atoms with van der Waals surface area (Å²) in [6, 6.07) is 5.63. The van der Waals surface area contributed by atoms with E-state index in [1.165, 1.54) is 5.57 Å². The number of hydrogen-bond donors (Lipinski definition) is 1. The summed E-state index contributed by atoms with van der Waals surface area (Å²) < 4.78 is 0. The van der Waals surface area contributed by atoms with Crippen LogP contribution in [0.2, 0.25) is 0 Å². The standard InChI is InChI=1S/C14H17NO/c1-3-4-11-8-13(15-9-11)12-7-10(2)5-6-14(12)16/h5-8,16H,3-4,9H2,1-2H3. The van der Waals surface area contributed by atoms with Crippen LogP contribution in [0.3, 0.4) is 0 Å². The molecular formula is C14H17NO. The zero-order valence-electron chi connectivity index (χ0n) is 9.83. The van der Waals surface area contributed by atoms with Gasteiger partial charge < -0.3 is 5.11 Å². The summed E-state index contributed by atoms with van der Waals surface area (Å²) in [5.41, 5.74) is 4.28. The van der Waals surface area contributed by atoms with Crippen molar-refractivity contribution in [3.8, 4) is 5.75 Å². The summed E-state index contributed by atoms with van der Waals surface area (Å²) in [7, 11) is 0. The maximum atomic E-state index is 9.80. The van der Waals surface area contributed by atoms with Gasteiger partial charge in [0.05, 0.1) is 12.3 Å². The van der Waals surface area contributed by atoms with E-state index < -0.39 is 0 Å². The van der Waals surface area contributed by atoms with Gasteiger partial charge in [0.1, 0.15) is 5.75 Å². The van der Waals surface area contributed by atoms with Crippen LogP contribution < -0.4 is 0 Å². The third kappa shape index (κ3) is 2.16. The number of allylic oxidation sites excluding steroid dienone is 1. The Morgan fingerprint density at radius 1 is 1.38 bits per heavy atom. The fraction of sp³-hybridized carbons (Fsp3) is 0.357. The first-order valence-electron chi connectivity index (χ1n) is 5.74. The minimum Gasteiger partial charge on any atom is -0.507 e. The Kier molecular flexibility index (Phi) is 3.09. The van der Waals surface area contributed by atoms with Gasteiger partial charge in [-0.05, 0) is 37.1 Å². The number of aryl methyl sites for hydroxylation is 1. The van der Waals surface area contributed by atoms with Crippen molar-refractivity contribution in [1.82, 2.24) is 0 Å². The third-order valence-corrected chi connectivity index (χ3v) is 2.79. The molecule has 0 amide bonds. The maximum Gasteiger partial charge on any atom is 0.124 e. The van der Waals surface area contributed by atoms with E-state index in [-0.39, 0.29) is 0 Å². The molecule has 2 heteroatoms. The lowest BCUT2D eigenvalue weighted by Crippen LogP contribution is -1.95. The summed E-state index contributed by atoms with van der Waals surface area (Å²) in [6.07, 6.45) is 4.35. The number of benzene rings is 1. The van der Waals surface area contributed by atoms with Gasteiger partial charge in [0.2, 0.25) is 0 Å². The van der Waals surface area contributed by atoms with Crippen LogP contribution in [-0.4, -0.2) is 17.4 Å². The second-order valence-electron chi connectivity index (χ2n) is 4.27. The van der Waals surface area contributed by atoms with Crippen LogP contribution >= 0.6 is 0 Å². The van der Waals surface area contributed by atoms with Crippen LogP contribution in [0.4, 0.5) is 0 Å². The van der Waals surface area contributed by atoms with Gasteiger partial charge in [-0.2, -0.15) is 0 Å². The maximum absolute atomic E-state index is 9.80. The normalized spacial score (nSPS) is 14.9. The van der Waals surface area contributed by atoms with E-state index in [0.717, 1.165) is 36.2 Å². The third-order valence-electron chi connectivity index (χ3n) is 2.79. The number of phenols is 1. The molecule has 2 rings (SSSR count). The van der Waals surface area contributed by atoms with Gasteiger partial charge in [-0.25, -0.2) is 0 Å². The molecule has 0 unspecified atom stereocenters. The first-order chi connectivity index (χ1) is 7.70. The lowest BCUT2D eigenvalue weighted by molar-refractivity contribution is 0.474. The Bertz CT molecular complexity index is 458. The fourth-order valence-corrected chi connectivity index (χ4v) is 1.96. The first kappa shape index (κ1) is 10.9. The first-order valence-corrected chi connectivity index (χ1v) is 5.74. The molecule has 1 heterocycles. The highest BCUT2D eigenvalue weighted by atomic mass is 16.3. The molecular weight excluding hydrogens is 198 g/mol. The van der Waals surface area contributed by atoms with E-state index in [9.17, 15) is 5.11 Å². The molecule has 1 aromatic carbocycles. The summed E-state index contributed by atoms with van der Waals surface area (Å²) in [4.78, 5) is 4.47. The highest BCUT2D eigenvalue weighted by Gasteiger charge is 2.12. The summed E-state index contributed by atoms with van der Waals surface area (Å²) in [5, 5.41) is 9.80. The van der Waals surface area contributed by atoms with Gasteiger partial charge in [0, 0.05) is 5.56 Å². The van der Waals surface area contributed by atoms with E-state index in [4.69, 9.17) is 0 Å². The topological polar surface area (TPSA) is 32.6 Å². The smallest absolute Gasteiger partial charge is 0.124 e. The molecule has 0 atom stereocenters. The van der Waals surface area contributed by atoms with Crippen molar-refractivity contribution in [2.75, 3.05) is 6.54 Å². The van der Waals surface area contributed by atoms with Crippen molar-refractivity contribution in [3.63, 3.8) is 0 Å². The molecule has 2 nitrogen and oxygen atoms in total. The van der Waals surface area contributed by atoms with Crippen LogP contribution in [0.25, 0.3) is 0 Å². The van der Waals surface area contributed by atoms with Crippen LogP contribution in [0.15, 0.2) is 34.8 Å². The van der Waals surface area contributed by atoms with Gasteiger partial charge >= 0.3 is 0 Å². The van der Waals surface area contributed by atoms with E-state index in [1.807, 2.05) is 19.1 Å². The summed E-state index contributed by atoms with van der Waals surface area (Å²) in [5.74, 6) is 0.318. The van der Waals surface area contributed by atoms with Crippen LogP contribution in [0.5, 0.6) is 5.75 Å². The highest BCUT2D eigenvalue weighted by Crippen LogP contribution is 2.23. The van der Waals surface area contributed by atoms with E-state index in [1.54, 1.807) is 6.07 Å². The Morgan fingerprint density at radius 2 is 2.19 bits per heavy atom. The Balaban J connectivity index is 2.29. The van der Waals surface area contributed by atoms with Crippen molar-refractivity contribution in [3.05, 3.63) is 41.0 Å². The number of phenolic OH excluding ortho intramolecular Hbond substituents is 1. The predicted octanol–water partition coefficient (Wildman–Crippen LogP) is 3.23. The molecule has 1 aliphatic heterocycles. The molecule has 0 aliphatic carbocycles. The molecule has 1 aromatic rings. The number of aliphatic imine (C=N–C) groups is 1. The van der Waals surface area contributed by atoms with Gasteiger partial charge in [0.15, 0.2) is 0 Å². The molecule has 0 fully saturated rings. The number of aromatic hydroxyl groups is 1. The largest absolute Gasteiger partial charge is 0.507 e. The summed E-state index contributed by atoms with van der Waals surface area (Å²) in [6.45, 7) is 4.98. The lowest BCUT2D eigenvalue weighted by Gasteiger charge is -2.03. The Morgan fingerprint density at radius 3 is 2.94 bits per heavy atom.